The third kappa shape index (κ3) is 4.37. The van der Waals surface area contributed by atoms with Crippen LogP contribution in [0.1, 0.15) is 18.1 Å². The molecule has 2 aromatic rings. The Morgan fingerprint density at radius 3 is 2.78 bits per heavy atom. The summed E-state index contributed by atoms with van der Waals surface area (Å²) >= 11 is 6.68. The summed E-state index contributed by atoms with van der Waals surface area (Å²) in [6.07, 6.45) is 2.54. The molecule has 3 rings (SSSR count). The van der Waals surface area contributed by atoms with Crippen molar-refractivity contribution in [1.82, 2.24) is 0 Å². The molecule has 0 bridgehead atoms. The first-order valence-corrected chi connectivity index (χ1v) is 9.52. The lowest BCUT2D eigenvalue weighted by atomic mass is 10.1. The quantitative estimate of drug-likeness (QED) is 0.582. The number of carboxylic acids is 1. The number of para-hydroxylation sites is 1. The van der Waals surface area contributed by atoms with Crippen molar-refractivity contribution in [3.63, 3.8) is 0 Å². The van der Waals surface area contributed by atoms with E-state index in [9.17, 15) is 9.59 Å². The molecular weight excluding hydrogens is 382 g/mol. The minimum atomic E-state index is -1.05. The highest BCUT2D eigenvalue weighted by atomic mass is 32.2. The minimum Gasteiger partial charge on any atom is -0.482 e. The van der Waals surface area contributed by atoms with Crippen molar-refractivity contribution < 1.29 is 19.4 Å². The zero-order valence-electron chi connectivity index (χ0n) is 14.5. The molecule has 27 heavy (non-hydrogen) atoms. The monoisotopic (exact) mass is 399 g/mol. The summed E-state index contributed by atoms with van der Waals surface area (Å²) in [7, 11) is 0. The Labute approximate surface area is 166 Å². The van der Waals surface area contributed by atoms with Gasteiger partial charge in [0.2, 0.25) is 0 Å². The Morgan fingerprint density at radius 1 is 1.26 bits per heavy atom. The fraction of sp³-hybridized carbons (Fsp3) is 0.150. The van der Waals surface area contributed by atoms with Gasteiger partial charge in [-0.25, -0.2) is 4.79 Å². The van der Waals surface area contributed by atoms with Crippen LogP contribution in [0.2, 0.25) is 0 Å². The third-order valence-corrected chi connectivity index (χ3v) is 5.23. The van der Waals surface area contributed by atoms with Gasteiger partial charge in [-0.3, -0.25) is 9.69 Å². The molecule has 1 saturated heterocycles. The zero-order valence-corrected chi connectivity index (χ0v) is 16.2. The number of carboxylic acid groups (broad SMARTS) is 1. The first-order valence-electron chi connectivity index (χ1n) is 8.30. The number of thiocarbonyl (C=S) groups is 1. The van der Waals surface area contributed by atoms with E-state index in [-0.39, 0.29) is 5.91 Å². The maximum absolute atomic E-state index is 12.9. The van der Waals surface area contributed by atoms with Crippen LogP contribution >= 0.6 is 24.0 Å². The smallest absolute Gasteiger partial charge is 0.341 e. The number of benzene rings is 2. The molecule has 0 spiro atoms. The maximum atomic E-state index is 12.9. The van der Waals surface area contributed by atoms with Crippen LogP contribution in [-0.4, -0.2) is 27.9 Å². The largest absolute Gasteiger partial charge is 0.482 e. The number of hydrogen-bond acceptors (Lipinski definition) is 5. The lowest BCUT2D eigenvalue weighted by Crippen LogP contribution is -2.28. The second kappa shape index (κ2) is 8.37. The molecule has 0 aromatic heterocycles. The van der Waals surface area contributed by atoms with E-state index in [1.165, 1.54) is 11.8 Å². The maximum Gasteiger partial charge on any atom is 0.341 e. The zero-order chi connectivity index (χ0) is 19.4. The lowest BCUT2D eigenvalue weighted by Gasteiger charge is -2.18. The molecule has 1 fully saturated rings. The second-order valence-corrected chi connectivity index (χ2v) is 7.43. The summed E-state index contributed by atoms with van der Waals surface area (Å²) in [4.78, 5) is 25.6. The van der Waals surface area contributed by atoms with Gasteiger partial charge in [-0.05, 0) is 41.8 Å². The van der Waals surface area contributed by atoms with Crippen LogP contribution in [0.4, 0.5) is 5.69 Å². The molecule has 0 unspecified atom stereocenters. The molecule has 1 aliphatic heterocycles. The molecule has 1 amide bonds. The number of carbonyl (C=O) groups excluding carboxylic acids is 1. The summed E-state index contributed by atoms with van der Waals surface area (Å²) in [5.41, 5.74) is 2.60. The van der Waals surface area contributed by atoms with Crippen LogP contribution < -0.4 is 9.64 Å². The Morgan fingerprint density at radius 2 is 2.04 bits per heavy atom. The second-order valence-electron chi connectivity index (χ2n) is 5.75. The van der Waals surface area contributed by atoms with Crippen molar-refractivity contribution in [2.45, 2.75) is 13.3 Å². The normalized spacial score (nSPS) is 15.4. The number of aryl methyl sites for hydroxylation is 1. The Kier molecular flexibility index (Phi) is 5.93. The van der Waals surface area contributed by atoms with Crippen LogP contribution in [0.15, 0.2) is 53.4 Å². The highest BCUT2D eigenvalue weighted by Crippen LogP contribution is 2.37. The molecule has 0 aliphatic carbocycles. The summed E-state index contributed by atoms with van der Waals surface area (Å²) < 4.78 is 5.68. The first kappa shape index (κ1) is 19.1. The summed E-state index contributed by atoms with van der Waals surface area (Å²) in [5.74, 6) is -0.781. The molecule has 5 nitrogen and oxygen atoms in total. The van der Waals surface area contributed by atoms with E-state index in [1.807, 2.05) is 37.3 Å². The first-order chi connectivity index (χ1) is 13.0. The molecule has 138 valence electrons. The van der Waals surface area contributed by atoms with Gasteiger partial charge in [0, 0.05) is 0 Å². The SMILES string of the molecule is CCc1ccccc1N1C(=O)/C(=C\c2cccc(OCC(=O)O)c2)SC1=S. The van der Waals surface area contributed by atoms with Crippen molar-refractivity contribution >= 4 is 51.9 Å². The Balaban J connectivity index is 1.86. The van der Waals surface area contributed by atoms with Crippen molar-refractivity contribution in [1.29, 1.82) is 0 Å². The van der Waals surface area contributed by atoms with Gasteiger partial charge < -0.3 is 9.84 Å². The third-order valence-electron chi connectivity index (χ3n) is 3.93. The predicted octanol–water partition coefficient (Wildman–Crippen LogP) is 4.12. The number of nitrogens with zero attached hydrogens (tertiary/aromatic N) is 1. The Hall–Kier alpha value is -2.64. The number of hydrogen-bond donors (Lipinski definition) is 1. The minimum absolute atomic E-state index is 0.164. The van der Waals surface area contributed by atoms with E-state index in [4.69, 9.17) is 22.1 Å². The van der Waals surface area contributed by atoms with Crippen LogP contribution in [0.5, 0.6) is 5.75 Å². The average Bonchev–Trinajstić information content (AvgIpc) is 2.93. The van der Waals surface area contributed by atoms with Crippen molar-refractivity contribution in [2.75, 3.05) is 11.5 Å². The number of anilines is 1. The standard InChI is InChI=1S/C20H17NO4S2/c1-2-14-7-3-4-9-16(14)21-19(24)17(27-20(21)26)11-13-6-5-8-15(10-13)25-12-18(22)23/h3-11H,2,12H2,1H3,(H,22,23)/b17-11+. The van der Waals surface area contributed by atoms with E-state index in [0.29, 0.717) is 15.0 Å². The fourth-order valence-electron chi connectivity index (χ4n) is 2.69. The van der Waals surface area contributed by atoms with E-state index in [0.717, 1.165) is 23.2 Å². The van der Waals surface area contributed by atoms with E-state index in [2.05, 4.69) is 0 Å². The summed E-state index contributed by atoms with van der Waals surface area (Å²) in [6.45, 7) is 1.62. The number of aliphatic carboxylic acids is 1. The van der Waals surface area contributed by atoms with Crippen molar-refractivity contribution in [2.24, 2.45) is 0 Å². The van der Waals surface area contributed by atoms with E-state index >= 15 is 0 Å². The number of ether oxygens (including phenoxy) is 1. The van der Waals surface area contributed by atoms with Crippen LogP contribution in [0.3, 0.4) is 0 Å². The van der Waals surface area contributed by atoms with Gasteiger partial charge in [0.05, 0.1) is 10.6 Å². The molecule has 2 aromatic carbocycles. The molecule has 1 N–H and O–H groups in total. The highest BCUT2D eigenvalue weighted by Gasteiger charge is 2.34. The van der Waals surface area contributed by atoms with E-state index < -0.39 is 12.6 Å². The highest BCUT2D eigenvalue weighted by molar-refractivity contribution is 8.27. The van der Waals surface area contributed by atoms with Gasteiger partial charge in [0.25, 0.3) is 5.91 Å². The van der Waals surface area contributed by atoms with Crippen molar-refractivity contribution in [3.05, 3.63) is 64.6 Å². The molecule has 7 heteroatoms. The average molecular weight is 399 g/mol. The van der Waals surface area contributed by atoms with Gasteiger partial charge in [0.15, 0.2) is 10.9 Å². The number of thioether (sulfide) groups is 1. The molecule has 0 atom stereocenters. The van der Waals surface area contributed by atoms with E-state index in [1.54, 1.807) is 29.2 Å². The van der Waals surface area contributed by atoms with Crippen molar-refractivity contribution in [3.8, 4) is 5.75 Å². The number of amides is 1. The molecular formula is C20H17NO4S2. The Bertz CT molecular complexity index is 939. The predicted molar refractivity (Wildman–Crippen MR) is 111 cm³/mol. The lowest BCUT2D eigenvalue weighted by molar-refractivity contribution is -0.139. The van der Waals surface area contributed by atoms with Gasteiger partial charge in [-0.2, -0.15) is 0 Å². The number of rotatable bonds is 6. The molecule has 0 radical (unpaired) electrons. The summed E-state index contributed by atoms with van der Waals surface area (Å²) in [6, 6.07) is 14.6. The van der Waals surface area contributed by atoms with Gasteiger partial charge >= 0.3 is 5.97 Å². The van der Waals surface area contributed by atoms with Crippen LogP contribution in [0.25, 0.3) is 6.08 Å². The molecule has 1 heterocycles. The molecule has 0 saturated carbocycles. The van der Waals surface area contributed by atoms with Gasteiger partial charge in [0.1, 0.15) is 5.75 Å². The topological polar surface area (TPSA) is 66.8 Å². The fourth-order valence-corrected chi connectivity index (χ4v) is 3.98. The molecule has 1 aliphatic rings. The van der Waals surface area contributed by atoms with Gasteiger partial charge in [-0.1, -0.05) is 61.2 Å². The van der Waals surface area contributed by atoms with Crippen LogP contribution in [0, 0.1) is 0 Å². The number of carbonyl (C=O) groups is 2. The summed E-state index contributed by atoms with van der Waals surface area (Å²) in [5, 5.41) is 8.71. The van der Waals surface area contributed by atoms with Gasteiger partial charge in [-0.15, -0.1) is 0 Å². The van der Waals surface area contributed by atoms with Crippen LogP contribution in [-0.2, 0) is 16.0 Å².